The summed E-state index contributed by atoms with van der Waals surface area (Å²) in [6.45, 7) is 0.326. The molecule has 0 aliphatic rings. The van der Waals surface area contributed by atoms with Gasteiger partial charge in [-0.2, -0.15) is 0 Å². The summed E-state index contributed by atoms with van der Waals surface area (Å²) in [5.41, 5.74) is 1.64. The average Bonchev–Trinajstić information content (AvgIpc) is 2.76. The van der Waals surface area contributed by atoms with Crippen molar-refractivity contribution in [3.8, 4) is 28.7 Å². The molecular weight excluding hydrogens is 384 g/mol. The van der Waals surface area contributed by atoms with Crippen molar-refractivity contribution in [2.24, 2.45) is 0 Å². The van der Waals surface area contributed by atoms with E-state index >= 15 is 0 Å². The highest BCUT2D eigenvalue weighted by molar-refractivity contribution is 5.67. The van der Waals surface area contributed by atoms with Gasteiger partial charge >= 0.3 is 5.97 Å². The molecule has 3 rings (SSSR count). The molecule has 6 heteroatoms. The second kappa shape index (κ2) is 10.2. The first-order valence-electron chi connectivity index (χ1n) is 9.50. The number of ether oxygens (including phenoxy) is 4. The second-order valence-electron chi connectivity index (χ2n) is 6.55. The summed E-state index contributed by atoms with van der Waals surface area (Å²) in [6.07, 6.45) is 0.294. The summed E-state index contributed by atoms with van der Waals surface area (Å²) in [5.74, 6) is 2.25. The van der Waals surface area contributed by atoms with Crippen molar-refractivity contribution in [3.63, 3.8) is 0 Å². The first kappa shape index (κ1) is 21.0. The molecule has 156 valence electrons. The fourth-order valence-corrected chi connectivity index (χ4v) is 3.01. The van der Waals surface area contributed by atoms with E-state index in [2.05, 4.69) is 0 Å². The number of benzene rings is 3. The van der Waals surface area contributed by atoms with Crippen molar-refractivity contribution in [1.29, 1.82) is 0 Å². The largest absolute Gasteiger partial charge is 0.496 e. The zero-order valence-corrected chi connectivity index (χ0v) is 17.0. The minimum absolute atomic E-state index is 0.0128. The lowest BCUT2D eigenvalue weighted by Crippen LogP contribution is -2.03. The van der Waals surface area contributed by atoms with Gasteiger partial charge in [0, 0.05) is 24.1 Å². The van der Waals surface area contributed by atoms with Gasteiger partial charge in [0.1, 0.15) is 35.4 Å². The van der Waals surface area contributed by atoms with Crippen molar-refractivity contribution in [2.75, 3.05) is 14.2 Å². The predicted molar refractivity (Wildman–Crippen MR) is 113 cm³/mol. The highest BCUT2D eigenvalue weighted by Crippen LogP contribution is 2.35. The number of carbonyl (C=O) groups is 1. The summed E-state index contributed by atoms with van der Waals surface area (Å²) in [6, 6.07) is 20.7. The fraction of sp³-hybridized carbons (Fsp3) is 0.208. The number of carboxylic acid groups (broad SMARTS) is 1. The van der Waals surface area contributed by atoms with Crippen LogP contribution in [-0.2, 0) is 17.8 Å². The van der Waals surface area contributed by atoms with Crippen molar-refractivity contribution in [2.45, 2.75) is 19.4 Å². The third-order valence-electron chi connectivity index (χ3n) is 4.45. The third-order valence-corrected chi connectivity index (χ3v) is 4.45. The minimum Gasteiger partial charge on any atom is -0.496 e. The molecule has 0 amide bonds. The summed E-state index contributed by atoms with van der Waals surface area (Å²) >= 11 is 0. The van der Waals surface area contributed by atoms with Gasteiger partial charge in [0.25, 0.3) is 0 Å². The number of rotatable bonds is 10. The van der Waals surface area contributed by atoms with Gasteiger partial charge in [-0.15, -0.1) is 0 Å². The lowest BCUT2D eigenvalue weighted by molar-refractivity contribution is -0.136. The number of methoxy groups -OCH3 is 2. The topological polar surface area (TPSA) is 74.2 Å². The van der Waals surface area contributed by atoms with Gasteiger partial charge in [-0.1, -0.05) is 30.3 Å². The molecule has 0 fully saturated rings. The van der Waals surface area contributed by atoms with Gasteiger partial charge in [-0.05, 0) is 36.2 Å². The summed E-state index contributed by atoms with van der Waals surface area (Å²) in [5, 5.41) is 8.97. The molecule has 0 heterocycles. The van der Waals surface area contributed by atoms with E-state index in [1.54, 1.807) is 12.1 Å². The Balaban J connectivity index is 1.72. The maximum Gasteiger partial charge on any atom is 0.303 e. The number of hydrogen-bond acceptors (Lipinski definition) is 5. The normalized spacial score (nSPS) is 10.3. The van der Waals surface area contributed by atoms with E-state index < -0.39 is 5.97 Å². The average molecular weight is 408 g/mol. The van der Waals surface area contributed by atoms with Crippen LogP contribution in [-0.4, -0.2) is 25.3 Å². The predicted octanol–water partition coefficient (Wildman–Crippen LogP) is 5.09. The molecule has 0 saturated heterocycles. The fourth-order valence-electron chi connectivity index (χ4n) is 3.01. The van der Waals surface area contributed by atoms with Gasteiger partial charge in [0.05, 0.1) is 14.2 Å². The minimum atomic E-state index is -0.878. The molecule has 0 aliphatic carbocycles. The van der Waals surface area contributed by atoms with E-state index in [1.807, 2.05) is 54.6 Å². The standard InChI is InChI=1S/C24H24O6/c1-27-22-14-20(15-23(28-2)21(22)11-12-24(25)26)29-16-17-7-6-10-19(13-17)30-18-8-4-3-5-9-18/h3-10,13-15H,11-12,16H2,1-2H3,(H,25,26). The van der Waals surface area contributed by atoms with E-state index in [1.165, 1.54) is 14.2 Å². The van der Waals surface area contributed by atoms with Gasteiger partial charge in [0.2, 0.25) is 0 Å². The van der Waals surface area contributed by atoms with Gasteiger partial charge in [-0.3, -0.25) is 4.79 Å². The molecule has 0 aromatic heterocycles. The van der Waals surface area contributed by atoms with Crippen LogP contribution in [0.4, 0.5) is 0 Å². The van der Waals surface area contributed by atoms with E-state index in [-0.39, 0.29) is 6.42 Å². The molecular formula is C24H24O6. The Morgan fingerprint density at radius 2 is 1.50 bits per heavy atom. The SMILES string of the molecule is COc1cc(OCc2cccc(Oc3ccccc3)c2)cc(OC)c1CCC(=O)O. The Morgan fingerprint density at radius 1 is 0.833 bits per heavy atom. The van der Waals surface area contributed by atoms with Crippen molar-refractivity contribution in [3.05, 3.63) is 77.9 Å². The lowest BCUT2D eigenvalue weighted by Gasteiger charge is -2.16. The summed E-state index contributed by atoms with van der Waals surface area (Å²) in [4.78, 5) is 10.9. The van der Waals surface area contributed by atoms with Crippen LogP contribution in [0.15, 0.2) is 66.7 Å². The molecule has 0 bridgehead atoms. The lowest BCUT2D eigenvalue weighted by atomic mass is 10.1. The highest BCUT2D eigenvalue weighted by Gasteiger charge is 2.15. The Hall–Kier alpha value is -3.67. The quantitative estimate of drug-likeness (QED) is 0.504. The van der Waals surface area contributed by atoms with Crippen molar-refractivity contribution in [1.82, 2.24) is 0 Å². The molecule has 0 saturated carbocycles. The van der Waals surface area contributed by atoms with Crippen LogP contribution < -0.4 is 18.9 Å². The molecule has 0 atom stereocenters. The zero-order chi connectivity index (χ0) is 21.3. The molecule has 0 unspecified atom stereocenters. The molecule has 1 N–H and O–H groups in total. The van der Waals surface area contributed by atoms with Gasteiger partial charge in [-0.25, -0.2) is 0 Å². The number of carboxylic acids is 1. The number of para-hydroxylation sites is 1. The summed E-state index contributed by atoms with van der Waals surface area (Å²) < 4.78 is 22.6. The molecule has 3 aromatic rings. The van der Waals surface area contributed by atoms with E-state index in [0.29, 0.717) is 35.8 Å². The van der Waals surface area contributed by atoms with Crippen LogP contribution in [0.25, 0.3) is 0 Å². The van der Waals surface area contributed by atoms with Crippen LogP contribution in [0, 0.1) is 0 Å². The molecule has 3 aromatic carbocycles. The van der Waals surface area contributed by atoms with Gasteiger partial charge in [0.15, 0.2) is 0 Å². The smallest absolute Gasteiger partial charge is 0.303 e. The first-order chi connectivity index (χ1) is 14.6. The van der Waals surface area contributed by atoms with Crippen LogP contribution in [0.5, 0.6) is 28.7 Å². The number of hydrogen-bond donors (Lipinski definition) is 1. The Labute approximate surface area is 175 Å². The Bertz CT molecular complexity index is 959. The maximum absolute atomic E-state index is 10.9. The monoisotopic (exact) mass is 408 g/mol. The highest BCUT2D eigenvalue weighted by atomic mass is 16.5. The number of aliphatic carboxylic acids is 1. The first-order valence-corrected chi connectivity index (χ1v) is 9.50. The van der Waals surface area contributed by atoms with Crippen LogP contribution in [0.2, 0.25) is 0 Å². The molecule has 0 radical (unpaired) electrons. The molecule has 0 aliphatic heterocycles. The zero-order valence-electron chi connectivity index (χ0n) is 17.0. The Kier molecular flexibility index (Phi) is 7.16. The van der Waals surface area contributed by atoms with E-state index in [4.69, 9.17) is 24.1 Å². The molecule has 0 spiro atoms. The molecule has 30 heavy (non-hydrogen) atoms. The Morgan fingerprint density at radius 3 is 2.13 bits per heavy atom. The van der Waals surface area contributed by atoms with Crippen molar-refractivity contribution >= 4 is 5.97 Å². The molecule has 6 nitrogen and oxygen atoms in total. The summed E-state index contributed by atoms with van der Waals surface area (Å²) in [7, 11) is 3.07. The van der Waals surface area contributed by atoms with Crippen LogP contribution in [0.1, 0.15) is 17.5 Å². The third kappa shape index (κ3) is 5.67. The van der Waals surface area contributed by atoms with Gasteiger partial charge < -0.3 is 24.1 Å². The second-order valence-corrected chi connectivity index (χ2v) is 6.55. The maximum atomic E-state index is 10.9. The van der Waals surface area contributed by atoms with E-state index in [0.717, 1.165) is 17.1 Å². The van der Waals surface area contributed by atoms with E-state index in [9.17, 15) is 4.79 Å². The van der Waals surface area contributed by atoms with Crippen molar-refractivity contribution < 1.29 is 28.8 Å². The van der Waals surface area contributed by atoms with Crippen LogP contribution in [0.3, 0.4) is 0 Å². The van der Waals surface area contributed by atoms with Crippen LogP contribution >= 0.6 is 0 Å².